The highest BCUT2D eigenvalue weighted by atomic mass is 19.1. The van der Waals surface area contributed by atoms with E-state index in [0.29, 0.717) is 17.4 Å². The summed E-state index contributed by atoms with van der Waals surface area (Å²) >= 11 is 0. The third-order valence-electron chi connectivity index (χ3n) is 4.07. The van der Waals surface area contributed by atoms with Crippen molar-refractivity contribution < 1.29 is 8.91 Å². The van der Waals surface area contributed by atoms with Crippen molar-refractivity contribution in [2.45, 2.75) is 19.9 Å². The van der Waals surface area contributed by atoms with E-state index < -0.39 is 0 Å². The minimum atomic E-state index is -0.378. The molecule has 4 rings (SSSR count). The summed E-state index contributed by atoms with van der Waals surface area (Å²) in [6.45, 7) is 4.29. The van der Waals surface area contributed by atoms with Crippen LogP contribution >= 0.6 is 0 Å². The fourth-order valence-electron chi connectivity index (χ4n) is 2.84. The second kappa shape index (κ2) is 5.60. The van der Waals surface area contributed by atoms with Crippen LogP contribution in [0.3, 0.4) is 0 Å². The van der Waals surface area contributed by atoms with E-state index in [2.05, 4.69) is 40.8 Å². The fraction of sp³-hybridized carbons (Fsp3) is 0.158. The smallest absolute Gasteiger partial charge is 0.261 e. The minimum Gasteiger partial charge on any atom is -0.345 e. The molecule has 4 nitrogen and oxygen atoms in total. The summed E-state index contributed by atoms with van der Waals surface area (Å²) in [6.07, 6.45) is 2.07. The number of fused-ring (bicyclic) bond motifs is 1. The van der Waals surface area contributed by atoms with Gasteiger partial charge in [-0.05, 0) is 50.2 Å². The molecule has 0 unspecified atom stereocenters. The van der Waals surface area contributed by atoms with Crippen molar-refractivity contribution in [3.8, 4) is 22.8 Å². The Kier molecular flexibility index (Phi) is 3.41. The average molecular weight is 321 g/mol. The molecule has 0 aliphatic carbocycles. The highest BCUT2D eigenvalue weighted by molar-refractivity contribution is 5.84. The number of rotatable bonds is 3. The SMILES string of the molecule is CC(C)n1ccc2cc(-c3noc(-c4ccccc4F)n3)ccc21. The second-order valence-electron chi connectivity index (χ2n) is 5.99. The normalized spacial score (nSPS) is 11.5. The molecule has 0 bridgehead atoms. The second-order valence-corrected chi connectivity index (χ2v) is 5.99. The first-order valence-electron chi connectivity index (χ1n) is 7.83. The third-order valence-corrected chi connectivity index (χ3v) is 4.07. The van der Waals surface area contributed by atoms with Crippen LogP contribution in [-0.4, -0.2) is 14.7 Å². The molecule has 5 heteroatoms. The molecule has 0 aliphatic heterocycles. The molecule has 0 saturated carbocycles. The topological polar surface area (TPSA) is 43.9 Å². The van der Waals surface area contributed by atoms with Crippen LogP contribution < -0.4 is 0 Å². The van der Waals surface area contributed by atoms with Crippen molar-refractivity contribution in [2.75, 3.05) is 0 Å². The number of hydrogen-bond acceptors (Lipinski definition) is 3. The molecule has 0 saturated heterocycles. The summed E-state index contributed by atoms with van der Waals surface area (Å²) in [5.41, 5.74) is 2.31. The van der Waals surface area contributed by atoms with Crippen LogP contribution in [0.15, 0.2) is 59.3 Å². The quantitative estimate of drug-likeness (QED) is 0.528. The van der Waals surface area contributed by atoms with E-state index in [1.54, 1.807) is 18.2 Å². The van der Waals surface area contributed by atoms with Crippen LogP contribution in [0, 0.1) is 5.82 Å². The number of nitrogens with zero attached hydrogens (tertiary/aromatic N) is 3. The van der Waals surface area contributed by atoms with E-state index in [4.69, 9.17) is 4.52 Å². The van der Waals surface area contributed by atoms with Gasteiger partial charge in [0.15, 0.2) is 0 Å². The van der Waals surface area contributed by atoms with Gasteiger partial charge in [0.25, 0.3) is 5.89 Å². The summed E-state index contributed by atoms with van der Waals surface area (Å²) in [7, 11) is 0. The molecule has 0 radical (unpaired) electrons. The summed E-state index contributed by atoms with van der Waals surface area (Å²) in [5.74, 6) is 0.257. The van der Waals surface area contributed by atoms with E-state index in [1.165, 1.54) is 6.07 Å². The van der Waals surface area contributed by atoms with Gasteiger partial charge in [0.05, 0.1) is 5.56 Å². The van der Waals surface area contributed by atoms with E-state index in [0.717, 1.165) is 16.5 Å². The highest BCUT2D eigenvalue weighted by Gasteiger charge is 2.14. The lowest BCUT2D eigenvalue weighted by molar-refractivity contribution is 0.429. The van der Waals surface area contributed by atoms with E-state index in [-0.39, 0.29) is 11.7 Å². The van der Waals surface area contributed by atoms with Crippen molar-refractivity contribution >= 4 is 10.9 Å². The summed E-state index contributed by atoms with van der Waals surface area (Å²) < 4.78 is 21.3. The maximum atomic E-state index is 13.8. The molecule has 0 atom stereocenters. The van der Waals surface area contributed by atoms with E-state index >= 15 is 0 Å². The van der Waals surface area contributed by atoms with Crippen molar-refractivity contribution in [1.29, 1.82) is 0 Å². The van der Waals surface area contributed by atoms with Crippen molar-refractivity contribution in [3.63, 3.8) is 0 Å². The van der Waals surface area contributed by atoms with Gasteiger partial charge >= 0.3 is 0 Å². The molecule has 2 heterocycles. The van der Waals surface area contributed by atoms with Crippen LogP contribution in [0.2, 0.25) is 0 Å². The van der Waals surface area contributed by atoms with Crippen LogP contribution in [-0.2, 0) is 0 Å². The fourth-order valence-corrected chi connectivity index (χ4v) is 2.84. The molecule has 0 amide bonds. The number of aromatic nitrogens is 3. The Labute approximate surface area is 138 Å². The largest absolute Gasteiger partial charge is 0.345 e. The van der Waals surface area contributed by atoms with Gasteiger partial charge in [-0.25, -0.2) is 4.39 Å². The first kappa shape index (κ1) is 14.6. The van der Waals surface area contributed by atoms with Gasteiger partial charge in [0.2, 0.25) is 5.82 Å². The Morgan fingerprint density at radius 1 is 1.08 bits per heavy atom. The molecule has 0 aliphatic rings. The Bertz CT molecular complexity index is 1020. The molecule has 0 N–H and O–H groups in total. The summed E-state index contributed by atoms with van der Waals surface area (Å²) in [6, 6.07) is 14.8. The van der Waals surface area contributed by atoms with Crippen LogP contribution in [0.5, 0.6) is 0 Å². The Morgan fingerprint density at radius 2 is 1.92 bits per heavy atom. The number of benzene rings is 2. The zero-order valence-electron chi connectivity index (χ0n) is 13.4. The Morgan fingerprint density at radius 3 is 2.71 bits per heavy atom. The number of hydrogen-bond donors (Lipinski definition) is 0. The predicted octanol–water partition coefficient (Wildman–Crippen LogP) is 5.08. The molecule has 0 spiro atoms. The van der Waals surface area contributed by atoms with Crippen LogP contribution in [0.4, 0.5) is 4.39 Å². The number of halogens is 1. The zero-order valence-corrected chi connectivity index (χ0v) is 13.4. The monoisotopic (exact) mass is 321 g/mol. The standard InChI is InChI=1S/C19H16FN3O/c1-12(2)23-10-9-13-11-14(7-8-17(13)23)18-21-19(24-22-18)15-5-3-4-6-16(15)20/h3-12H,1-2H3. The minimum absolute atomic E-state index is 0.183. The van der Waals surface area contributed by atoms with Gasteiger partial charge in [-0.1, -0.05) is 17.3 Å². The van der Waals surface area contributed by atoms with Crippen molar-refractivity contribution in [1.82, 2.24) is 14.7 Å². The Balaban J connectivity index is 1.75. The zero-order chi connectivity index (χ0) is 16.7. The van der Waals surface area contributed by atoms with Gasteiger partial charge < -0.3 is 9.09 Å². The summed E-state index contributed by atoms with van der Waals surface area (Å²) in [5, 5.41) is 5.10. The maximum Gasteiger partial charge on any atom is 0.261 e. The lowest BCUT2D eigenvalue weighted by atomic mass is 10.1. The van der Waals surface area contributed by atoms with Crippen molar-refractivity contribution in [3.05, 3.63) is 60.5 Å². The van der Waals surface area contributed by atoms with Gasteiger partial charge in [-0.2, -0.15) is 4.98 Å². The molecule has 4 aromatic rings. The molecule has 2 aromatic heterocycles. The predicted molar refractivity (Wildman–Crippen MR) is 91.0 cm³/mol. The Hall–Kier alpha value is -2.95. The molecule has 2 aromatic carbocycles. The lowest BCUT2D eigenvalue weighted by Crippen LogP contribution is -1.97. The molecular weight excluding hydrogens is 305 g/mol. The van der Waals surface area contributed by atoms with Gasteiger partial charge in [0.1, 0.15) is 5.82 Å². The third kappa shape index (κ3) is 2.38. The molecular formula is C19H16FN3O. The van der Waals surface area contributed by atoms with Gasteiger partial charge in [-0.3, -0.25) is 0 Å². The van der Waals surface area contributed by atoms with Crippen LogP contribution in [0.1, 0.15) is 19.9 Å². The van der Waals surface area contributed by atoms with Crippen LogP contribution in [0.25, 0.3) is 33.7 Å². The van der Waals surface area contributed by atoms with E-state index in [1.807, 2.05) is 18.2 Å². The average Bonchev–Trinajstić information content (AvgIpc) is 3.21. The molecule has 24 heavy (non-hydrogen) atoms. The van der Waals surface area contributed by atoms with Gasteiger partial charge in [-0.15, -0.1) is 0 Å². The first-order chi connectivity index (χ1) is 11.6. The molecule has 0 fully saturated rings. The summed E-state index contributed by atoms with van der Waals surface area (Å²) in [4.78, 5) is 4.34. The molecule has 120 valence electrons. The highest BCUT2D eigenvalue weighted by Crippen LogP contribution is 2.28. The first-order valence-corrected chi connectivity index (χ1v) is 7.83. The van der Waals surface area contributed by atoms with E-state index in [9.17, 15) is 4.39 Å². The lowest BCUT2D eigenvalue weighted by Gasteiger charge is -2.09. The van der Waals surface area contributed by atoms with Gasteiger partial charge in [0, 0.05) is 28.7 Å². The van der Waals surface area contributed by atoms with Crippen molar-refractivity contribution in [2.24, 2.45) is 0 Å². The maximum absolute atomic E-state index is 13.8.